The van der Waals surface area contributed by atoms with Crippen LogP contribution in [0.1, 0.15) is 29.2 Å². The first-order valence-corrected chi connectivity index (χ1v) is 10.1. The highest BCUT2D eigenvalue weighted by Gasteiger charge is 2.27. The lowest BCUT2D eigenvalue weighted by Gasteiger charge is -2.13. The van der Waals surface area contributed by atoms with Crippen LogP contribution in [0.15, 0.2) is 41.2 Å². The Balaban J connectivity index is 1.78. The Hall–Kier alpha value is -3.87. The Morgan fingerprint density at radius 2 is 2.00 bits per heavy atom. The van der Waals surface area contributed by atoms with Crippen LogP contribution in [0.25, 0.3) is 33.1 Å². The molecule has 0 unspecified atom stereocenters. The molecule has 0 atom stereocenters. The molecule has 0 fully saturated rings. The van der Waals surface area contributed by atoms with Gasteiger partial charge in [0.15, 0.2) is 0 Å². The van der Waals surface area contributed by atoms with Crippen LogP contribution in [-0.4, -0.2) is 20.8 Å². The van der Waals surface area contributed by atoms with E-state index in [0.29, 0.717) is 23.4 Å². The van der Waals surface area contributed by atoms with Crippen molar-refractivity contribution < 1.29 is 14.6 Å². The number of hydrogen-bond donors (Lipinski definition) is 2. The quantitative estimate of drug-likeness (QED) is 0.259. The number of aromatic nitrogens is 2. The largest absolute Gasteiger partial charge is 0.506 e. The van der Waals surface area contributed by atoms with Crippen LogP contribution in [-0.2, 0) is 24.3 Å². The Labute approximate surface area is 177 Å². The first-order chi connectivity index (χ1) is 14.9. The van der Waals surface area contributed by atoms with Gasteiger partial charge in [0.1, 0.15) is 6.61 Å². The SMILES string of the molecule is CCc1c2c(nc3ccc4ccc(N)cc4c13)-c1cc(C)c(COC(=O)O)c(=O)n1C2. The number of hydrogen-bond acceptors (Lipinski definition) is 5. The van der Waals surface area contributed by atoms with E-state index in [0.717, 1.165) is 50.6 Å². The fourth-order valence-electron chi connectivity index (χ4n) is 4.62. The van der Waals surface area contributed by atoms with Crippen LogP contribution in [0.3, 0.4) is 0 Å². The molecule has 0 spiro atoms. The number of nitrogens with two attached hydrogens (primary N) is 1. The summed E-state index contributed by atoms with van der Waals surface area (Å²) in [5, 5.41) is 12.0. The topological polar surface area (TPSA) is 107 Å². The molecule has 0 aliphatic carbocycles. The number of nitrogen functional groups attached to an aromatic ring is 1. The zero-order valence-electron chi connectivity index (χ0n) is 17.2. The molecule has 0 radical (unpaired) electrons. The molecule has 5 rings (SSSR count). The number of carboxylic acid groups (broad SMARTS) is 1. The average molecular weight is 415 g/mol. The van der Waals surface area contributed by atoms with Gasteiger partial charge < -0.3 is 20.1 Å². The Kier molecular flexibility index (Phi) is 4.22. The zero-order chi connectivity index (χ0) is 21.9. The van der Waals surface area contributed by atoms with E-state index >= 15 is 0 Å². The third kappa shape index (κ3) is 2.84. The molecular weight excluding hydrogens is 394 g/mol. The van der Waals surface area contributed by atoms with E-state index in [2.05, 4.69) is 11.7 Å². The molecule has 4 aromatic rings. The van der Waals surface area contributed by atoms with E-state index in [1.54, 1.807) is 11.5 Å². The van der Waals surface area contributed by atoms with E-state index < -0.39 is 6.16 Å². The number of rotatable bonds is 3. The summed E-state index contributed by atoms with van der Waals surface area (Å²) in [5.41, 5.74) is 12.2. The fourth-order valence-corrected chi connectivity index (χ4v) is 4.62. The van der Waals surface area contributed by atoms with Gasteiger partial charge in [-0.3, -0.25) is 4.79 Å². The standard InChI is InChI=1S/C24H21N3O4/c1-3-15-17-10-27-20(8-12(2)18(23(27)28)11-31-24(29)30)22(17)26-19-7-5-13-4-6-14(25)9-16(13)21(15)19/h4-9H,3,10-11,25H2,1-2H3,(H,29,30). The molecule has 156 valence electrons. The van der Waals surface area contributed by atoms with Crippen LogP contribution in [0.5, 0.6) is 0 Å². The number of pyridine rings is 2. The van der Waals surface area contributed by atoms with Gasteiger partial charge in [-0.1, -0.05) is 19.1 Å². The van der Waals surface area contributed by atoms with Gasteiger partial charge in [0.2, 0.25) is 0 Å². The minimum absolute atomic E-state index is 0.241. The van der Waals surface area contributed by atoms with Crippen molar-refractivity contribution in [1.82, 2.24) is 9.55 Å². The monoisotopic (exact) mass is 415 g/mol. The maximum absolute atomic E-state index is 13.2. The molecule has 0 amide bonds. The van der Waals surface area contributed by atoms with Crippen molar-refractivity contribution in [2.75, 3.05) is 5.73 Å². The maximum atomic E-state index is 13.2. The number of benzene rings is 2. The van der Waals surface area contributed by atoms with Gasteiger partial charge in [-0.25, -0.2) is 9.78 Å². The molecule has 1 aliphatic rings. The number of ether oxygens (including phenoxy) is 1. The van der Waals surface area contributed by atoms with Crippen LogP contribution in [0, 0.1) is 6.92 Å². The summed E-state index contributed by atoms with van der Waals surface area (Å²) in [6, 6.07) is 11.8. The van der Waals surface area contributed by atoms with Gasteiger partial charge in [0, 0.05) is 16.6 Å². The van der Waals surface area contributed by atoms with E-state index in [9.17, 15) is 9.59 Å². The normalized spacial score (nSPS) is 12.2. The summed E-state index contributed by atoms with van der Waals surface area (Å²) in [6.07, 6.45) is -0.619. The summed E-state index contributed by atoms with van der Waals surface area (Å²) < 4.78 is 6.34. The first kappa shape index (κ1) is 19.1. The van der Waals surface area contributed by atoms with Gasteiger partial charge in [-0.2, -0.15) is 0 Å². The molecule has 3 heterocycles. The maximum Gasteiger partial charge on any atom is 0.506 e. The number of aryl methyl sites for hydroxylation is 2. The summed E-state index contributed by atoms with van der Waals surface area (Å²) in [6.45, 7) is 4.02. The van der Waals surface area contributed by atoms with Crippen molar-refractivity contribution in [3.63, 3.8) is 0 Å². The van der Waals surface area contributed by atoms with Crippen LogP contribution >= 0.6 is 0 Å². The number of nitrogens with zero attached hydrogens (tertiary/aromatic N) is 2. The predicted octanol–water partition coefficient (Wildman–Crippen LogP) is 4.23. The second-order valence-corrected chi connectivity index (χ2v) is 7.85. The highest BCUT2D eigenvalue weighted by molar-refractivity contribution is 6.10. The number of fused-ring (bicyclic) bond motifs is 6. The fraction of sp³-hybridized carbons (Fsp3) is 0.208. The third-order valence-corrected chi connectivity index (χ3v) is 6.08. The summed E-state index contributed by atoms with van der Waals surface area (Å²) in [7, 11) is 0. The van der Waals surface area contributed by atoms with E-state index in [1.165, 1.54) is 0 Å². The van der Waals surface area contributed by atoms with Crippen molar-refractivity contribution in [1.29, 1.82) is 0 Å². The second kappa shape index (κ2) is 6.84. The van der Waals surface area contributed by atoms with Crippen LogP contribution < -0.4 is 11.3 Å². The van der Waals surface area contributed by atoms with Crippen LogP contribution in [0.4, 0.5) is 10.5 Å². The molecule has 0 saturated carbocycles. The first-order valence-electron chi connectivity index (χ1n) is 10.1. The lowest BCUT2D eigenvalue weighted by molar-refractivity contribution is 0.0848. The average Bonchev–Trinajstić information content (AvgIpc) is 3.10. The van der Waals surface area contributed by atoms with Crippen molar-refractivity contribution in [3.05, 3.63) is 69.0 Å². The molecule has 7 heteroatoms. The lowest BCUT2D eigenvalue weighted by Crippen LogP contribution is -2.25. The number of anilines is 1. The Morgan fingerprint density at radius 3 is 2.74 bits per heavy atom. The number of carbonyl (C=O) groups is 1. The third-order valence-electron chi connectivity index (χ3n) is 6.08. The van der Waals surface area contributed by atoms with Gasteiger partial charge in [-0.05, 0) is 59.5 Å². The smallest absolute Gasteiger partial charge is 0.450 e. The summed E-state index contributed by atoms with van der Waals surface area (Å²) >= 11 is 0. The summed E-state index contributed by atoms with van der Waals surface area (Å²) in [5.74, 6) is 0. The molecule has 2 aromatic heterocycles. The lowest BCUT2D eigenvalue weighted by atomic mass is 9.94. The van der Waals surface area contributed by atoms with Crippen molar-refractivity contribution in [3.8, 4) is 11.4 Å². The molecular formula is C24H21N3O4. The van der Waals surface area contributed by atoms with Gasteiger partial charge >= 0.3 is 6.16 Å². The van der Waals surface area contributed by atoms with E-state index in [-0.39, 0.29) is 12.2 Å². The molecule has 2 aromatic carbocycles. The Bertz CT molecular complexity index is 1470. The highest BCUT2D eigenvalue weighted by Crippen LogP contribution is 2.39. The van der Waals surface area contributed by atoms with E-state index in [1.807, 2.05) is 36.4 Å². The molecule has 0 bridgehead atoms. The van der Waals surface area contributed by atoms with Crippen molar-refractivity contribution in [2.45, 2.75) is 33.4 Å². The van der Waals surface area contributed by atoms with E-state index in [4.69, 9.17) is 15.8 Å². The van der Waals surface area contributed by atoms with Gasteiger partial charge in [0.05, 0.1) is 29.0 Å². The molecule has 3 N–H and O–H groups in total. The predicted molar refractivity (Wildman–Crippen MR) is 119 cm³/mol. The molecule has 0 saturated heterocycles. The van der Waals surface area contributed by atoms with Crippen molar-refractivity contribution in [2.24, 2.45) is 0 Å². The molecule has 31 heavy (non-hydrogen) atoms. The second-order valence-electron chi connectivity index (χ2n) is 7.85. The zero-order valence-corrected chi connectivity index (χ0v) is 17.2. The van der Waals surface area contributed by atoms with Crippen molar-refractivity contribution >= 4 is 33.5 Å². The summed E-state index contributed by atoms with van der Waals surface area (Å²) in [4.78, 5) is 28.9. The Morgan fingerprint density at radius 1 is 1.23 bits per heavy atom. The van der Waals surface area contributed by atoms with Gasteiger partial charge in [0.25, 0.3) is 5.56 Å². The van der Waals surface area contributed by atoms with Gasteiger partial charge in [-0.15, -0.1) is 0 Å². The minimum Gasteiger partial charge on any atom is -0.450 e. The highest BCUT2D eigenvalue weighted by atomic mass is 16.7. The van der Waals surface area contributed by atoms with Crippen LogP contribution in [0.2, 0.25) is 0 Å². The molecule has 1 aliphatic heterocycles. The minimum atomic E-state index is -1.40. The molecule has 7 nitrogen and oxygen atoms in total.